The fraction of sp³-hybridized carbons (Fsp3) is 0.500. The lowest BCUT2D eigenvalue weighted by atomic mass is 9.98. The molecule has 0 aliphatic heterocycles. The van der Waals surface area contributed by atoms with Gasteiger partial charge in [0.1, 0.15) is 5.75 Å². The van der Waals surface area contributed by atoms with E-state index in [1.165, 1.54) is 25.3 Å². The van der Waals surface area contributed by atoms with E-state index in [0.717, 1.165) is 0 Å². The summed E-state index contributed by atoms with van der Waals surface area (Å²) in [6, 6.07) is 5.30. The lowest BCUT2D eigenvalue weighted by Crippen LogP contribution is -2.18. The molecule has 6 heteroatoms. The van der Waals surface area contributed by atoms with Gasteiger partial charge in [-0.2, -0.15) is 0 Å². The summed E-state index contributed by atoms with van der Waals surface area (Å²) >= 11 is 0. The second-order valence-corrected chi connectivity index (χ2v) is 4.00. The topological polar surface area (TPSA) is 38.7 Å². The molecule has 0 aliphatic rings. The maximum Gasteiger partial charge on any atom is 0.573 e. The van der Waals surface area contributed by atoms with Crippen molar-refractivity contribution in [1.29, 1.82) is 0 Å². The van der Waals surface area contributed by atoms with Crippen LogP contribution in [0.1, 0.15) is 18.6 Å². The van der Waals surface area contributed by atoms with Crippen molar-refractivity contribution in [3.63, 3.8) is 0 Å². The predicted octanol–water partition coefficient (Wildman–Crippen LogP) is 2.90. The van der Waals surface area contributed by atoms with Gasteiger partial charge in [-0.3, -0.25) is 0 Å². The standard InChI is InChI=1S/C12H15F3O3/c1-8(7-17-2)11(16)9-4-3-5-10(6-9)18-12(13,14)15/h3-6,8,11,16H,7H2,1-2H3. The Morgan fingerprint density at radius 3 is 2.56 bits per heavy atom. The smallest absolute Gasteiger partial charge is 0.406 e. The molecule has 1 aromatic rings. The minimum atomic E-state index is -4.73. The number of aliphatic hydroxyl groups excluding tert-OH is 1. The minimum Gasteiger partial charge on any atom is -0.406 e. The Kier molecular flexibility index (Phi) is 4.98. The Labute approximate surface area is 103 Å². The zero-order valence-electron chi connectivity index (χ0n) is 10.1. The predicted molar refractivity (Wildman–Crippen MR) is 59.1 cm³/mol. The van der Waals surface area contributed by atoms with Crippen LogP contribution in [-0.2, 0) is 4.74 Å². The van der Waals surface area contributed by atoms with Gasteiger partial charge in [0.25, 0.3) is 0 Å². The largest absolute Gasteiger partial charge is 0.573 e. The van der Waals surface area contributed by atoms with Gasteiger partial charge in [0.15, 0.2) is 0 Å². The molecule has 0 bridgehead atoms. The SMILES string of the molecule is COCC(C)C(O)c1cccc(OC(F)(F)F)c1. The van der Waals surface area contributed by atoms with E-state index in [-0.39, 0.29) is 11.7 Å². The molecule has 2 atom stereocenters. The van der Waals surface area contributed by atoms with Gasteiger partial charge in [-0.25, -0.2) is 0 Å². The first-order chi connectivity index (χ1) is 8.33. The van der Waals surface area contributed by atoms with Crippen molar-refractivity contribution in [3.05, 3.63) is 29.8 Å². The van der Waals surface area contributed by atoms with Crippen molar-refractivity contribution < 1.29 is 27.8 Å². The summed E-state index contributed by atoms with van der Waals surface area (Å²) < 4.78 is 44.8. The number of halogens is 3. The highest BCUT2D eigenvalue weighted by molar-refractivity contribution is 5.30. The summed E-state index contributed by atoms with van der Waals surface area (Å²) in [5.41, 5.74) is 0.362. The molecule has 0 aliphatic carbocycles. The molecule has 0 aromatic heterocycles. The molecule has 0 saturated carbocycles. The Balaban J connectivity index is 2.81. The van der Waals surface area contributed by atoms with Crippen LogP contribution in [0.4, 0.5) is 13.2 Å². The lowest BCUT2D eigenvalue weighted by Gasteiger charge is -2.19. The van der Waals surface area contributed by atoms with Crippen LogP contribution in [0.3, 0.4) is 0 Å². The van der Waals surface area contributed by atoms with E-state index >= 15 is 0 Å². The van der Waals surface area contributed by atoms with Crippen LogP contribution < -0.4 is 4.74 Å². The van der Waals surface area contributed by atoms with Gasteiger partial charge in [0.05, 0.1) is 12.7 Å². The van der Waals surface area contributed by atoms with E-state index < -0.39 is 12.5 Å². The molecule has 1 N–H and O–H groups in total. The number of benzene rings is 1. The van der Waals surface area contributed by atoms with Gasteiger partial charge >= 0.3 is 6.36 Å². The van der Waals surface area contributed by atoms with Gasteiger partial charge in [0, 0.05) is 13.0 Å². The first-order valence-electron chi connectivity index (χ1n) is 5.36. The van der Waals surface area contributed by atoms with Crippen LogP contribution in [-0.4, -0.2) is 25.2 Å². The molecule has 0 saturated heterocycles. The third-order valence-corrected chi connectivity index (χ3v) is 2.40. The summed E-state index contributed by atoms with van der Waals surface area (Å²) in [5.74, 6) is -0.570. The number of methoxy groups -OCH3 is 1. The highest BCUT2D eigenvalue weighted by atomic mass is 19.4. The van der Waals surface area contributed by atoms with E-state index in [0.29, 0.717) is 12.2 Å². The molecule has 18 heavy (non-hydrogen) atoms. The molecule has 0 heterocycles. The maximum absolute atomic E-state index is 12.0. The Morgan fingerprint density at radius 2 is 2.00 bits per heavy atom. The molecule has 2 unspecified atom stereocenters. The molecular weight excluding hydrogens is 249 g/mol. The average Bonchev–Trinajstić information content (AvgIpc) is 2.26. The lowest BCUT2D eigenvalue weighted by molar-refractivity contribution is -0.274. The number of ether oxygens (including phenoxy) is 2. The fourth-order valence-corrected chi connectivity index (χ4v) is 1.58. The molecular formula is C12H15F3O3. The van der Waals surface area contributed by atoms with Crippen LogP contribution in [0.15, 0.2) is 24.3 Å². The molecule has 0 fully saturated rings. The van der Waals surface area contributed by atoms with Crippen LogP contribution in [0, 0.1) is 5.92 Å². The van der Waals surface area contributed by atoms with Crippen LogP contribution in [0.25, 0.3) is 0 Å². The van der Waals surface area contributed by atoms with Crippen molar-refractivity contribution >= 4 is 0 Å². The van der Waals surface area contributed by atoms with Crippen molar-refractivity contribution in [1.82, 2.24) is 0 Å². The third-order valence-electron chi connectivity index (χ3n) is 2.40. The molecule has 0 radical (unpaired) electrons. The van der Waals surface area contributed by atoms with Crippen molar-refractivity contribution in [2.45, 2.75) is 19.4 Å². The molecule has 1 aromatic carbocycles. The average molecular weight is 264 g/mol. The monoisotopic (exact) mass is 264 g/mol. The Bertz CT molecular complexity index is 379. The summed E-state index contributed by atoms with van der Waals surface area (Å²) in [4.78, 5) is 0. The van der Waals surface area contributed by atoms with Crippen molar-refractivity contribution in [2.75, 3.05) is 13.7 Å². The fourth-order valence-electron chi connectivity index (χ4n) is 1.58. The number of hydrogen-bond acceptors (Lipinski definition) is 3. The number of hydrogen-bond donors (Lipinski definition) is 1. The molecule has 0 amide bonds. The highest BCUT2D eigenvalue weighted by Gasteiger charge is 2.31. The molecule has 102 valence electrons. The van der Waals surface area contributed by atoms with Crippen LogP contribution in [0.5, 0.6) is 5.75 Å². The van der Waals surface area contributed by atoms with Crippen molar-refractivity contribution in [2.24, 2.45) is 5.92 Å². The maximum atomic E-state index is 12.0. The zero-order valence-corrected chi connectivity index (χ0v) is 10.1. The first-order valence-corrected chi connectivity index (χ1v) is 5.36. The summed E-state index contributed by atoms with van der Waals surface area (Å²) in [5, 5.41) is 9.93. The number of aliphatic hydroxyl groups is 1. The second-order valence-electron chi connectivity index (χ2n) is 4.00. The van der Waals surface area contributed by atoms with Gasteiger partial charge in [0.2, 0.25) is 0 Å². The van der Waals surface area contributed by atoms with Gasteiger partial charge in [-0.05, 0) is 17.7 Å². The first kappa shape index (κ1) is 14.8. The molecule has 0 spiro atoms. The van der Waals surface area contributed by atoms with E-state index in [2.05, 4.69) is 4.74 Å². The van der Waals surface area contributed by atoms with E-state index in [1.807, 2.05) is 0 Å². The molecule has 1 rings (SSSR count). The van der Waals surface area contributed by atoms with E-state index in [4.69, 9.17) is 4.74 Å². The van der Waals surface area contributed by atoms with E-state index in [9.17, 15) is 18.3 Å². The van der Waals surface area contributed by atoms with Crippen LogP contribution in [0.2, 0.25) is 0 Å². The Morgan fingerprint density at radius 1 is 1.33 bits per heavy atom. The summed E-state index contributed by atoms with van der Waals surface area (Å²) in [6.07, 6.45) is -5.64. The number of alkyl halides is 3. The Hall–Kier alpha value is -1.27. The minimum absolute atomic E-state index is 0.226. The van der Waals surface area contributed by atoms with Crippen molar-refractivity contribution in [3.8, 4) is 5.75 Å². The van der Waals surface area contributed by atoms with Gasteiger partial charge < -0.3 is 14.6 Å². The normalized spacial score (nSPS) is 15.2. The zero-order chi connectivity index (χ0) is 13.8. The quantitative estimate of drug-likeness (QED) is 0.888. The van der Waals surface area contributed by atoms with E-state index in [1.54, 1.807) is 13.0 Å². The van der Waals surface area contributed by atoms with Gasteiger partial charge in [-0.15, -0.1) is 13.2 Å². The second kappa shape index (κ2) is 6.06. The number of rotatable bonds is 5. The van der Waals surface area contributed by atoms with Gasteiger partial charge in [-0.1, -0.05) is 19.1 Å². The third kappa shape index (κ3) is 4.54. The molecule has 3 nitrogen and oxygen atoms in total. The summed E-state index contributed by atoms with van der Waals surface area (Å²) in [7, 11) is 1.49. The van der Waals surface area contributed by atoms with Crippen LogP contribution >= 0.6 is 0 Å². The highest BCUT2D eigenvalue weighted by Crippen LogP contribution is 2.28. The summed E-state index contributed by atoms with van der Waals surface area (Å²) in [6.45, 7) is 2.05.